The monoisotopic (exact) mass is 448 g/mol. The molecule has 4 rings (SSSR count). The molecule has 5 nitrogen and oxygen atoms in total. The third-order valence-electron chi connectivity index (χ3n) is 4.82. The second-order valence-electron chi connectivity index (χ2n) is 6.87. The van der Waals surface area contributed by atoms with Crippen LogP contribution in [-0.2, 0) is 10.0 Å². The SMILES string of the molecule is C=C/C=C(\C)S(=O)(=O)Nc1cc(Sc2cccc3cccnc23)c(O)c2ccccc12. The molecule has 2 N–H and O–H groups in total. The van der Waals surface area contributed by atoms with Gasteiger partial charge in [-0.2, -0.15) is 0 Å². The number of nitrogens with zero attached hydrogens (tertiary/aromatic N) is 1. The van der Waals surface area contributed by atoms with Gasteiger partial charge in [0.25, 0.3) is 10.0 Å². The number of aromatic nitrogens is 1. The first-order valence-electron chi connectivity index (χ1n) is 9.49. The molecule has 156 valence electrons. The van der Waals surface area contributed by atoms with E-state index in [9.17, 15) is 13.5 Å². The average molecular weight is 449 g/mol. The van der Waals surface area contributed by atoms with E-state index in [1.165, 1.54) is 30.8 Å². The maximum absolute atomic E-state index is 12.8. The lowest BCUT2D eigenvalue weighted by Crippen LogP contribution is -2.13. The highest BCUT2D eigenvalue weighted by atomic mass is 32.2. The van der Waals surface area contributed by atoms with Crippen LogP contribution in [0.5, 0.6) is 5.75 Å². The van der Waals surface area contributed by atoms with E-state index in [4.69, 9.17) is 0 Å². The summed E-state index contributed by atoms with van der Waals surface area (Å²) in [6, 6.07) is 18.5. The number of pyridine rings is 1. The fraction of sp³-hybridized carbons (Fsp3) is 0.0417. The second kappa shape index (κ2) is 8.45. The summed E-state index contributed by atoms with van der Waals surface area (Å²) in [6.45, 7) is 5.06. The fourth-order valence-corrected chi connectivity index (χ4v) is 5.18. The van der Waals surface area contributed by atoms with Crippen LogP contribution in [0.4, 0.5) is 5.69 Å². The molecule has 7 heteroatoms. The molecule has 0 bridgehead atoms. The summed E-state index contributed by atoms with van der Waals surface area (Å²) in [4.78, 5) is 6.00. The number of phenols is 1. The van der Waals surface area contributed by atoms with Crippen molar-refractivity contribution in [3.8, 4) is 5.75 Å². The number of anilines is 1. The smallest absolute Gasteiger partial charge is 0.257 e. The van der Waals surface area contributed by atoms with E-state index >= 15 is 0 Å². The van der Waals surface area contributed by atoms with E-state index < -0.39 is 10.0 Å². The molecule has 0 aliphatic heterocycles. The van der Waals surface area contributed by atoms with Crippen LogP contribution in [0.3, 0.4) is 0 Å². The van der Waals surface area contributed by atoms with E-state index in [2.05, 4.69) is 16.3 Å². The van der Waals surface area contributed by atoms with Crippen LogP contribution >= 0.6 is 11.8 Å². The summed E-state index contributed by atoms with van der Waals surface area (Å²) in [5.74, 6) is 0.0924. The topological polar surface area (TPSA) is 79.3 Å². The molecule has 0 aliphatic rings. The third kappa shape index (κ3) is 4.15. The van der Waals surface area contributed by atoms with Gasteiger partial charge in [0.05, 0.1) is 21.0 Å². The van der Waals surface area contributed by atoms with E-state index in [1.807, 2.05) is 30.3 Å². The standard InChI is InChI=1S/C24H20N2O3S2/c1-3-8-16(2)31(28,29)26-20-15-22(24(27)19-12-5-4-11-18(19)20)30-21-13-6-9-17-10-7-14-25-23(17)21/h3-15,26-27H,1H2,2H3/b16-8+. The molecule has 0 unspecified atom stereocenters. The maximum atomic E-state index is 12.8. The summed E-state index contributed by atoms with van der Waals surface area (Å²) in [7, 11) is -3.77. The fourth-order valence-electron chi connectivity index (χ4n) is 3.25. The lowest BCUT2D eigenvalue weighted by atomic mass is 10.1. The molecule has 0 amide bonds. The van der Waals surface area contributed by atoms with Crippen molar-refractivity contribution in [3.63, 3.8) is 0 Å². The summed E-state index contributed by atoms with van der Waals surface area (Å²) in [5, 5.41) is 13.1. The van der Waals surface area contributed by atoms with Gasteiger partial charge < -0.3 is 5.11 Å². The lowest BCUT2D eigenvalue weighted by Gasteiger charge is -2.15. The third-order valence-corrected chi connectivity index (χ3v) is 7.37. The minimum Gasteiger partial charge on any atom is -0.506 e. The van der Waals surface area contributed by atoms with Gasteiger partial charge in [-0.05, 0) is 31.2 Å². The average Bonchev–Trinajstić information content (AvgIpc) is 2.77. The highest BCUT2D eigenvalue weighted by molar-refractivity contribution is 7.99. The molecule has 0 saturated carbocycles. The number of rotatable bonds is 6. The highest BCUT2D eigenvalue weighted by Gasteiger charge is 2.19. The zero-order valence-corrected chi connectivity index (χ0v) is 18.4. The van der Waals surface area contributed by atoms with Crippen LogP contribution in [0.1, 0.15) is 6.92 Å². The molecular weight excluding hydrogens is 428 g/mol. The molecule has 0 spiro atoms. The predicted octanol–water partition coefficient (Wildman–Crippen LogP) is 6.08. The number of benzene rings is 3. The number of hydrogen-bond acceptors (Lipinski definition) is 5. The Labute approximate surface area is 185 Å². The Balaban J connectivity index is 1.86. The predicted molar refractivity (Wildman–Crippen MR) is 128 cm³/mol. The second-order valence-corrected chi connectivity index (χ2v) is 9.81. The first-order chi connectivity index (χ1) is 14.9. The van der Waals surface area contributed by atoms with Crippen molar-refractivity contribution in [2.24, 2.45) is 0 Å². The van der Waals surface area contributed by atoms with Gasteiger partial charge in [-0.15, -0.1) is 0 Å². The van der Waals surface area contributed by atoms with Gasteiger partial charge in [0.1, 0.15) is 5.75 Å². The van der Waals surface area contributed by atoms with Gasteiger partial charge in [-0.3, -0.25) is 9.71 Å². The van der Waals surface area contributed by atoms with Crippen LogP contribution in [0.15, 0.2) is 100 Å². The minimum absolute atomic E-state index is 0.0924. The lowest BCUT2D eigenvalue weighted by molar-refractivity contribution is 0.469. The Bertz CT molecular complexity index is 1440. The molecule has 1 heterocycles. The number of fused-ring (bicyclic) bond motifs is 2. The first kappa shape index (κ1) is 21.0. The number of phenolic OH excluding ortho intramolecular Hbond substituents is 1. The first-order valence-corrected chi connectivity index (χ1v) is 11.8. The Hall–Kier alpha value is -3.29. The Kier molecular flexibility index (Phi) is 5.71. The Morgan fingerprint density at radius 1 is 1.06 bits per heavy atom. The Morgan fingerprint density at radius 2 is 1.81 bits per heavy atom. The van der Waals surface area contributed by atoms with Crippen molar-refractivity contribution in [1.29, 1.82) is 0 Å². The van der Waals surface area contributed by atoms with Gasteiger partial charge in [0.2, 0.25) is 0 Å². The zero-order chi connectivity index (χ0) is 22.0. The summed E-state index contributed by atoms with van der Waals surface area (Å²) in [5.41, 5.74) is 1.20. The summed E-state index contributed by atoms with van der Waals surface area (Å²) in [6.07, 6.45) is 4.58. The van der Waals surface area contributed by atoms with E-state index in [0.29, 0.717) is 21.4 Å². The van der Waals surface area contributed by atoms with Crippen LogP contribution in [0.25, 0.3) is 21.7 Å². The van der Waals surface area contributed by atoms with E-state index in [-0.39, 0.29) is 10.7 Å². The number of allylic oxidation sites excluding steroid dienone is 3. The Morgan fingerprint density at radius 3 is 2.58 bits per heavy atom. The maximum Gasteiger partial charge on any atom is 0.257 e. The minimum atomic E-state index is -3.77. The van der Waals surface area contributed by atoms with Gasteiger partial charge in [-0.25, -0.2) is 8.42 Å². The zero-order valence-electron chi connectivity index (χ0n) is 16.7. The van der Waals surface area contributed by atoms with Crippen molar-refractivity contribution in [1.82, 2.24) is 4.98 Å². The van der Waals surface area contributed by atoms with Gasteiger partial charge >= 0.3 is 0 Å². The van der Waals surface area contributed by atoms with Crippen molar-refractivity contribution in [2.75, 3.05) is 4.72 Å². The molecule has 0 saturated heterocycles. The normalized spacial score (nSPS) is 12.2. The largest absolute Gasteiger partial charge is 0.506 e. The van der Waals surface area contributed by atoms with Crippen molar-refractivity contribution in [2.45, 2.75) is 16.7 Å². The molecule has 31 heavy (non-hydrogen) atoms. The van der Waals surface area contributed by atoms with Crippen LogP contribution in [0.2, 0.25) is 0 Å². The van der Waals surface area contributed by atoms with Crippen LogP contribution < -0.4 is 4.72 Å². The number of para-hydroxylation sites is 1. The van der Waals surface area contributed by atoms with Gasteiger partial charge in [0.15, 0.2) is 0 Å². The summed E-state index contributed by atoms with van der Waals surface area (Å²) >= 11 is 1.34. The van der Waals surface area contributed by atoms with Crippen molar-refractivity contribution < 1.29 is 13.5 Å². The molecular formula is C24H20N2O3S2. The summed E-state index contributed by atoms with van der Waals surface area (Å²) < 4.78 is 28.2. The van der Waals surface area contributed by atoms with Crippen LogP contribution in [-0.4, -0.2) is 18.5 Å². The molecule has 0 aliphatic carbocycles. The number of hydrogen-bond donors (Lipinski definition) is 2. The quantitative estimate of drug-likeness (QED) is 0.276. The van der Waals surface area contributed by atoms with E-state index in [1.54, 1.807) is 36.5 Å². The molecule has 0 radical (unpaired) electrons. The number of nitrogens with one attached hydrogen (secondary N) is 1. The number of sulfonamides is 1. The number of aromatic hydroxyl groups is 1. The van der Waals surface area contributed by atoms with Gasteiger partial charge in [0, 0.05) is 27.3 Å². The molecule has 3 aromatic carbocycles. The van der Waals surface area contributed by atoms with Gasteiger partial charge in [-0.1, -0.05) is 66.9 Å². The molecule has 0 fully saturated rings. The van der Waals surface area contributed by atoms with Crippen molar-refractivity contribution in [3.05, 3.63) is 90.5 Å². The van der Waals surface area contributed by atoms with Crippen LogP contribution in [0, 0.1) is 0 Å². The van der Waals surface area contributed by atoms with Crippen molar-refractivity contribution >= 4 is 49.1 Å². The van der Waals surface area contributed by atoms with E-state index in [0.717, 1.165) is 15.8 Å². The molecule has 1 aromatic heterocycles. The molecule has 0 atom stereocenters. The highest BCUT2D eigenvalue weighted by Crippen LogP contribution is 2.44. The molecule has 4 aromatic rings.